The maximum Gasteiger partial charge on any atom is 0.191 e. The van der Waals surface area contributed by atoms with Crippen LogP contribution in [0.25, 0.3) is 0 Å². The van der Waals surface area contributed by atoms with Gasteiger partial charge < -0.3 is 9.30 Å². The van der Waals surface area contributed by atoms with E-state index in [0.29, 0.717) is 33.1 Å². The van der Waals surface area contributed by atoms with Gasteiger partial charge in [0.1, 0.15) is 17.4 Å². The number of hydrogen-bond acceptors (Lipinski definition) is 4. The molecule has 1 aromatic heterocycles. The molecule has 1 atom stereocenters. The minimum absolute atomic E-state index is 0.325. The standard InChI is InChI=1S/C18H16ClF2N3OS/c1-11(25-13-8-6-12(20)7-9-13)17-22-23-18(24(17)2)26-10-14-15(19)4-3-5-16(14)21/h3-9,11H,10H2,1-2H3. The molecule has 0 saturated carbocycles. The Balaban J connectivity index is 1.70. The minimum Gasteiger partial charge on any atom is -0.483 e. The molecule has 0 saturated heterocycles. The molecule has 136 valence electrons. The van der Waals surface area contributed by atoms with Crippen LogP contribution in [-0.4, -0.2) is 14.8 Å². The van der Waals surface area contributed by atoms with Gasteiger partial charge >= 0.3 is 0 Å². The molecule has 4 nitrogen and oxygen atoms in total. The van der Waals surface area contributed by atoms with E-state index in [2.05, 4.69) is 10.2 Å². The molecule has 0 spiro atoms. The van der Waals surface area contributed by atoms with E-state index in [1.165, 1.54) is 30.0 Å². The zero-order valence-electron chi connectivity index (χ0n) is 14.1. The van der Waals surface area contributed by atoms with Crippen molar-refractivity contribution in [3.8, 4) is 5.75 Å². The molecule has 0 N–H and O–H groups in total. The molecule has 3 aromatic rings. The van der Waals surface area contributed by atoms with Crippen LogP contribution >= 0.6 is 23.4 Å². The highest BCUT2D eigenvalue weighted by atomic mass is 35.5. The maximum atomic E-state index is 13.9. The summed E-state index contributed by atoms with van der Waals surface area (Å²) in [6.07, 6.45) is -0.385. The summed E-state index contributed by atoms with van der Waals surface area (Å²) in [5.74, 6) is 0.810. The van der Waals surface area contributed by atoms with Crippen LogP contribution in [0.4, 0.5) is 8.78 Å². The molecule has 8 heteroatoms. The average Bonchev–Trinajstić information content (AvgIpc) is 2.97. The van der Waals surface area contributed by atoms with E-state index in [0.717, 1.165) is 0 Å². The molecule has 0 aliphatic heterocycles. The first-order valence-electron chi connectivity index (χ1n) is 7.83. The largest absolute Gasteiger partial charge is 0.483 e. The zero-order chi connectivity index (χ0) is 18.7. The van der Waals surface area contributed by atoms with Crippen LogP contribution in [0, 0.1) is 11.6 Å². The van der Waals surface area contributed by atoms with E-state index in [9.17, 15) is 8.78 Å². The zero-order valence-corrected chi connectivity index (χ0v) is 15.7. The minimum atomic E-state index is -0.385. The molecule has 1 heterocycles. The number of aromatic nitrogens is 3. The number of nitrogens with zero attached hydrogens (tertiary/aromatic N) is 3. The fraction of sp³-hybridized carbons (Fsp3) is 0.222. The van der Waals surface area contributed by atoms with Crippen molar-refractivity contribution in [2.45, 2.75) is 23.9 Å². The Bertz CT molecular complexity index is 882. The molecule has 0 radical (unpaired) electrons. The molecule has 3 rings (SSSR count). The van der Waals surface area contributed by atoms with Gasteiger partial charge in [-0.15, -0.1) is 10.2 Å². The number of benzene rings is 2. The monoisotopic (exact) mass is 395 g/mol. The summed E-state index contributed by atoms with van der Waals surface area (Å²) in [5, 5.41) is 9.29. The third kappa shape index (κ3) is 4.16. The lowest BCUT2D eigenvalue weighted by Gasteiger charge is -2.14. The molecular weight excluding hydrogens is 380 g/mol. The SMILES string of the molecule is CC(Oc1ccc(F)cc1)c1nnc(SCc2c(F)cccc2Cl)n1C. The van der Waals surface area contributed by atoms with Crippen molar-refractivity contribution in [3.05, 3.63) is 70.5 Å². The Kier molecular flexibility index (Phi) is 5.78. The molecule has 0 aliphatic carbocycles. The third-order valence-corrected chi connectivity index (χ3v) is 5.17. The molecule has 1 unspecified atom stereocenters. The topological polar surface area (TPSA) is 39.9 Å². The predicted octanol–water partition coefficient (Wildman–Crippen LogP) is 5.18. The molecule has 0 amide bonds. The Hall–Kier alpha value is -2.12. The van der Waals surface area contributed by atoms with Crippen molar-refractivity contribution < 1.29 is 13.5 Å². The molecule has 0 bridgehead atoms. The third-order valence-electron chi connectivity index (χ3n) is 3.77. The first kappa shape index (κ1) is 18.7. The number of ether oxygens (including phenoxy) is 1. The Morgan fingerprint density at radius 2 is 1.88 bits per heavy atom. The van der Waals surface area contributed by atoms with Crippen LogP contribution in [0.2, 0.25) is 5.02 Å². The molecular formula is C18H16ClF2N3OS. The van der Waals surface area contributed by atoms with Crippen LogP contribution in [0.15, 0.2) is 47.6 Å². The maximum absolute atomic E-state index is 13.9. The second kappa shape index (κ2) is 8.05. The molecule has 2 aromatic carbocycles. The summed E-state index contributed by atoms with van der Waals surface area (Å²) >= 11 is 7.38. The number of thioether (sulfide) groups is 1. The highest BCUT2D eigenvalue weighted by Gasteiger charge is 2.18. The molecule has 26 heavy (non-hydrogen) atoms. The van der Waals surface area contributed by atoms with Gasteiger partial charge in [0.2, 0.25) is 0 Å². The summed E-state index contributed by atoms with van der Waals surface area (Å²) in [6.45, 7) is 1.83. The summed E-state index contributed by atoms with van der Waals surface area (Å²) < 4.78 is 34.4. The van der Waals surface area contributed by atoms with E-state index in [1.54, 1.807) is 28.8 Å². The molecule has 0 aliphatic rings. The van der Waals surface area contributed by atoms with Gasteiger partial charge in [-0.1, -0.05) is 29.4 Å². The number of halogens is 3. The normalized spacial score (nSPS) is 12.2. The van der Waals surface area contributed by atoms with Crippen LogP contribution in [0.5, 0.6) is 5.75 Å². The van der Waals surface area contributed by atoms with Crippen molar-refractivity contribution in [3.63, 3.8) is 0 Å². The summed E-state index contributed by atoms with van der Waals surface area (Å²) in [4.78, 5) is 0. The van der Waals surface area contributed by atoms with Crippen molar-refractivity contribution in [1.29, 1.82) is 0 Å². The smallest absolute Gasteiger partial charge is 0.191 e. The van der Waals surface area contributed by atoms with E-state index < -0.39 is 0 Å². The lowest BCUT2D eigenvalue weighted by molar-refractivity contribution is 0.211. The van der Waals surface area contributed by atoms with Crippen molar-refractivity contribution in [1.82, 2.24) is 14.8 Å². The fourth-order valence-corrected chi connectivity index (χ4v) is 3.64. The van der Waals surface area contributed by atoms with E-state index in [4.69, 9.17) is 16.3 Å². The van der Waals surface area contributed by atoms with Gasteiger partial charge in [0.05, 0.1) is 0 Å². The van der Waals surface area contributed by atoms with E-state index in [-0.39, 0.29) is 17.7 Å². The average molecular weight is 396 g/mol. The van der Waals surface area contributed by atoms with E-state index in [1.807, 2.05) is 14.0 Å². The fourth-order valence-electron chi connectivity index (χ4n) is 2.38. The van der Waals surface area contributed by atoms with Gasteiger partial charge in [-0.3, -0.25) is 0 Å². The second-order valence-electron chi connectivity index (χ2n) is 5.60. The summed E-state index contributed by atoms with van der Waals surface area (Å²) in [5.41, 5.74) is 0.430. The molecule has 0 fully saturated rings. The van der Waals surface area contributed by atoms with E-state index >= 15 is 0 Å². The number of hydrogen-bond donors (Lipinski definition) is 0. The van der Waals surface area contributed by atoms with Crippen molar-refractivity contribution >= 4 is 23.4 Å². The summed E-state index contributed by atoms with van der Waals surface area (Å²) in [6, 6.07) is 10.4. The lowest BCUT2D eigenvalue weighted by Crippen LogP contribution is -2.10. The van der Waals surface area contributed by atoms with Gasteiger partial charge in [0.15, 0.2) is 17.1 Å². The Morgan fingerprint density at radius 3 is 2.58 bits per heavy atom. The number of rotatable bonds is 6. The predicted molar refractivity (Wildman–Crippen MR) is 97.4 cm³/mol. The van der Waals surface area contributed by atoms with Crippen molar-refractivity contribution in [2.75, 3.05) is 0 Å². The first-order chi connectivity index (χ1) is 12.5. The summed E-state index contributed by atoms with van der Waals surface area (Å²) in [7, 11) is 1.81. The quantitative estimate of drug-likeness (QED) is 0.539. The van der Waals surface area contributed by atoms with Gasteiger partial charge in [0, 0.05) is 23.4 Å². The van der Waals surface area contributed by atoms with Gasteiger partial charge in [-0.2, -0.15) is 0 Å². The van der Waals surface area contributed by atoms with Crippen molar-refractivity contribution in [2.24, 2.45) is 7.05 Å². The van der Waals surface area contributed by atoms with Gasteiger partial charge in [-0.05, 0) is 43.3 Å². The van der Waals surface area contributed by atoms with Gasteiger partial charge in [0.25, 0.3) is 0 Å². The van der Waals surface area contributed by atoms with Crippen LogP contribution in [-0.2, 0) is 12.8 Å². The van der Waals surface area contributed by atoms with Crippen LogP contribution in [0.1, 0.15) is 24.4 Å². The lowest BCUT2D eigenvalue weighted by atomic mass is 10.2. The van der Waals surface area contributed by atoms with Crippen LogP contribution in [0.3, 0.4) is 0 Å². The first-order valence-corrected chi connectivity index (χ1v) is 9.19. The van der Waals surface area contributed by atoms with Crippen LogP contribution < -0.4 is 4.74 Å². The highest BCUT2D eigenvalue weighted by Crippen LogP contribution is 2.29. The van der Waals surface area contributed by atoms with Gasteiger partial charge in [-0.25, -0.2) is 8.78 Å². The second-order valence-corrected chi connectivity index (χ2v) is 6.95. The Labute approximate surface area is 159 Å². The highest BCUT2D eigenvalue weighted by molar-refractivity contribution is 7.98. The Morgan fingerprint density at radius 1 is 1.15 bits per heavy atom.